The van der Waals surface area contributed by atoms with Crippen molar-refractivity contribution in [3.8, 4) is 0 Å². The summed E-state index contributed by atoms with van der Waals surface area (Å²) in [4.78, 5) is 0. The van der Waals surface area contributed by atoms with Crippen molar-refractivity contribution in [3.63, 3.8) is 0 Å². The van der Waals surface area contributed by atoms with Crippen LogP contribution in [0, 0.1) is 0 Å². The molecule has 2 aromatic rings. The van der Waals surface area contributed by atoms with Gasteiger partial charge >= 0.3 is 0 Å². The first-order valence-electron chi connectivity index (χ1n) is 6.73. The molecule has 6 heteroatoms. The van der Waals surface area contributed by atoms with E-state index in [-0.39, 0.29) is 6.10 Å². The Morgan fingerprint density at radius 1 is 1.35 bits per heavy atom. The molecule has 0 amide bonds. The normalized spacial score (nSPS) is 22.9. The standard InChI is InChI=1S/C14H17ClN4O/c15-12-3-1-11(2-4-12)7-13-10-20-14(8-16-13)9-19-6-5-17-18-19/h1-6,13-14,16H,7-10H2/t13-,14+/m0/s1. The van der Waals surface area contributed by atoms with Crippen LogP contribution in [0.25, 0.3) is 0 Å². The Bertz CT molecular complexity index is 521. The van der Waals surface area contributed by atoms with E-state index in [4.69, 9.17) is 16.3 Å². The van der Waals surface area contributed by atoms with Crippen molar-refractivity contribution in [3.05, 3.63) is 47.2 Å². The van der Waals surface area contributed by atoms with Gasteiger partial charge in [-0.15, -0.1) is 5.10 Å². The summed E-state index contributed by atoms with van der Waals surface area (Å²) >= 11 is 5.89. The maximum absolute atomic E-state index is 5.89. The number of nitrogens with one attached hydrogen (secondary N) is 1. The quantitative estimate of drug-likeness (QED) is 0.928. The molecule has 1 saturated heterocycles. The van der Waals surface area contributed by atoms with Crippen molar-refractivity contribution in [2.45, 2.75) is 25.1 Å². The van der Waals surface area contributed by atoms with E-state index in [9.17, 15) is 0 Å². The highest BCUT2D eigenvalue weighted by Gasteiger charge is 2.21. The minimum atomic E-state index is 0.151. The number of benzene rings is 1. The van der Waals surface area contributed by atoms with Crippen LogP contribution >= 0.6 is 11.6 Å². The zero-order valence-corrected chi connectivity index (χ0v) is 11.8. The molecule has 2 heterocycles. The van der Waals surface area contributed by atoms with E-state index >= 15 is 0 Å². The minimum absolute atomic E-state index is 0.151. The van der Waals surface area contributed by atoms with Gasteiger partial charge in [0.05, 0.1) is 25.5 Å². The van der Waals surface area contributed by atoms with Crippen molar-refractivity contribution in [1.82, 2.24) is 20.3 Å². The summed E-state index contributed by atoms with van der Waals surface area (Å²) < 4.78 is 7.68. The molecule has 1 aromatic heterocycles. The van der Waals surface area contributed by atoms with Crippen LogP contribution in [0.4, 0.5) is 0 Å². The van der Waals surface area contributed by atoms with Gasteiger partial charge in [-0.1, -0.05) is 28.9 Å². The number of nitrogens with zero attached hydrogens (tertiary/aromatic N) is 3. The molecule has 0 radical (unpaired) electrons. The summed E-state index contributed by atoms with van der Waals surface area (Å²) in [6.45, 7) is 2.28. The Morgan fingerprint density at radius 3 is 2.85 bits per heavy atom. The van der Waals surface area contributed by atoms with Crippen LogP contribution in [0.2, 0.25) is 5.02 Å². The number of halogens is 1. The average Bonchev–Trinajstić information content (AvgIpc) is 2.96. The van der Waals surface area contributed by atoms with Crippen LogP contribution < -0.4 is 5.32 Å². The lowest BCUT2D eigenvalue weighted by Crippen LogP contribution is -2.48. The molecule has 3 rings (SSSR count). The summed E-state index contributed by atoms with van der Waals surface area (Å²) in [6.07, 6.45) is 4.63. The van der Waals surface area contributed by atoms with Gasteiger partial charge in [-0.25, -0.2) is 4.68 Å². The molecule has 0 spiro atoms. The van der Waals surface area contributed by atoms with Gasteiger partial charge in [0.2, 0.25) is 0 Å². The van der Waals surface area contributed by atoms with E-state index in [1.54, 1.807) is 10.9 Å². The molecule has 0 unspecified atom stereocenters. The first kappa shape index (κ1) is 13.5. The highest BCUT2D eigenvalue weighted by molar-refractivity contribution is 6.30. The van der Waals surface area contributed by atoms with Gasteiger partial charge in [0.15, 0.2) is 0 Å². The largest absolute Gasteiger partial charge is 0.373 e. The molecule has 0 saturated carbocycles. The third kappa shape index (κ3) is 3.56. The zero-order chi connectivity index (χ0) is 13.8. The number of hydrogen-bond donors (Lipinski definition) is 1. The van der Waals surface area contributed by atoms with Crippen LogP contribution in [-0.4, -0.2) is 40.3 Å². The Morgan fingerprint density at radius 2 is 2.20 bits per heavy atom. The van der Waals surface area contributed by atoms with Gasteiger partial charge in [0, 0.05) is 23.8 Å². The third-order valence-electron chi connectivity index (χ3n) is 3.43. The molecule has 20 heavy (non-hydrogen) atoms. The van der Waals surface area contributed by atoms with Crippen molar-refractivity contribution < 1.29 is 4.74 Å². The molecule has 0 bridgehead atoms. The molecular weight excluding hydrogens is 276 g/mol. The summed E-state index contributed by atoms with van der Waals surface area (Å²) in [7, 11) is 0. The first-order chi connectivity index (χ1) is 9.79. The fourth-order valence-electron chi connectivity index (χ4n) is 2.36. The van der Waals surface area contributed by atoms with Crippen molar-refractivity contribution >= 4 is 11.6 Å². The van der Waals surface area contributed by atoms with Crippen LogP contribution in [0.1, 0.15) is 5.56 Å². The lowest BCUT2D eigenvalue weighted by atomic mass is 10.1. The molecule has 1 fully saturated rings. The van der Waals surface area contributed by atoms with Gasteiger partial charge in [0.25, 0.3) is 0 Å². The van der Waals surface area contributed by atoms with Crippen LogP contribution in [-0.2, 0) is 17.7 Å². The molecular formula is C14H17ClN4O. The molecule has 106 valence electrons. The molecule has 0 aliphatic carbocycles. The second kappa shape index (κ2) is 6.35. The predicted octanol–water partition coefficient (Wildman–Crippen LogP) is 1.53. The highest BCUT2D eigenvalue weighted by atomic mass is 35.5. The topological polar surface area (TPSA) is 52.0 Å². The smallest absolute Gasteiger partial charge is 0.0896 e. The first-order valence-corrected chi connectivity index (χ1v) is 7.11. The summed E-state index contributed by atoms with van der Waals surface area (Å²) in [5.41, 5.74) is 1.27. The Kier molecular flexibility index (Phi) is 4.30. The van der Waals surface area contributed by atoms with Gasteiger partial charge in [0.1, 0.15) is 0 Å². The Hall–Kier alpha value is -1.43. The monoisotopic (exact) mass is 292 g/mol. The molecule has 5 nitrogen and oxygen atoms in total. The van der Waals surface area contributed by atoms with E-state index in [1.165, 1.54) is 5.56 Å². The lowest BCUT2D eigenvalue weighted by Gasteiger charge is -2.30. The number of ether oxygens (including phenoxy) is 1. The number of hydrogen-bond acceptors (Lipinski definition) is 4. The number of morpholine rings is 1. The maximum atomic E-state index is 5.89. The third-order valence-corrected chi connectivity index (χ3v) is 3.68. The van der Waals surface area contributed by atoms with E-state index in [2.05, 4.69) is 27.8 Å². The SMILES string of the molecule is Clc1ccc(C[C@H]2CO[C@@H](Cn3ccnn3)CN2)cc1. The van der Waals surface area contributed by atoms with Gasteiger partial charge in [-0.3, -0.25) is 0 Å². The van der Waals surface area contributed by atoms with Crippen molar-refractivity contribution in [1.29, 1.82) is 0 Å². The maximum Gasteiger partial charge on any atom is 0.0896 e. The van der Waals surface area contributed by atoms with E-state index in [1.807, 2.05) is 18.3 Å². The van der Waals surface area contributed by atoms with Crippen molar-refractivity contribution in [2.24, 2.45) is 0 Å². The summed E-state index contributed by atoms with van der Waals surface area (Å²) in [5.74, 6) is 0. The van der Waals surface area contributed by atoms with E-state index < -0.39 is 0 Å². The van der Waals surface area contributed by atoms with Gasteiger partial charge in [-0.05, 0) is 24.1 Å². The molecule has 1 aromatic carbocycles. The summed E-state index contributed by atoms with van der Waals surface area (Å²) in [6, 6.07) is 8.32. The second-order valence-corrected chi connectivity index (χ2v) is 5.45. The lowest BCUT2D eigenvalue weighted by molar-refractivity contribution is -0.00672. The van der Waals surface area contributed by atoms with Crippen LogP contribution in [0.3, 0.4) is 0 Å². The Labute approximate surface area is 122 Å². The van der Waals surface area contributed by atoms with Crippen LogP contribution in [0.5, 0.6) is 0 Å². The average molecular weight is 293 g/mol. The Balaban J connectivity index is 1.47. The zero-order valence-electron chi connectivity index (χ0n) is 11.1. The predicted molar refractivity (Wildman–Crippen MR) is 76.7 cm³/mol. The highest BCUT2D eigenvalue weighted by Crippen LogP contribution is 2.13. The van der Waals surface area contributed by atoms with Gasteiger partial charge < -0.3 is 10.1 Å². The molecule has 2 atom stereocenters. The molecule has 1 aliphatic rings. The molecule has 1 N–H and O–H groups in total. The van der Waals surface area contributed by atoms with Crippen molar-refractivity contribution in [2.75, 3.05) is 13.2 Å². The van der Waals surface area contributed by atoms with E-state index in [0.717, 1.165) is 24.5 Å². The van der Waals surface area contributed by atoms with E-state index in [0.29, 0.717) is 12.6 Å². The minimum Gasteiger partial charge on any atom is -0.373 e. The summed E-state index contributed by atoms with van der Waals surface area (Å²) in [5, 5.41) is 12.0. The fraction of sp³-hybridized carbons (Fsp3) is 0.429. The second-order valence-electron chi connectivity index (χ2n) is 5.02. The van der Waals surface area contributed by atoms with Crippen LogP contribution in [0.15, 0.2) is 36.7 Å². The number of rotatable bonds is 4. The number of aromatic nitrogens is 3. The van der Waals surface area contributed by atoms with Gasteiger partial charge in [-0.2, -0.15) is 0 Å². The fourth-order valence-corrected chi connectivity index (χ4v) is 2.49. The molecule has 1 aliphatic heterocycles.